The molecule has 144 valence electrons. The second-order valence-corrected chi connectivity index (χ2v) is 6.94. The molecular weight excluding hydrogens is 354 g/mol. The van der Waals surface area contributed by atoms with Crippen molar-refractivity contribution in [3.63, 3.8) is 0 Å². The van der Waals surface area contributed by atoms with Crippen LogP contribution in [0.4, 0.5) is 5.69 Å². The number of rotatable bonds is 6. The van der Waals surface area contributed by atoms with Crippen LogP contribution in [-0.4, -0.2) is 45.6 Å². The molecule has 1 aliphatic heterocycles. The van der Waals surface area contributed by atoms with E-state index >= 15 is 0 Å². The van der Waals surface area contributed by atoms with Gasteiger partial charge in [-0.25, -0.2) is 4.98 Å². The maximum Gasteiger partial charge on any atom is 0.238 e. The zero-order chi connectivity index (χ0) is 19.2. The Balaban J connectivity index is 1.33. The molecule has 7 heteroatoms. The first-order valence-electron chi connectivity index (χ1n) is 9.47. The van der Waals surface area contributed by atoms with Crippen molar-refractivity contribution in [2.45, 2.75) is 18.8 Å². The van der Waals surface area contributed by atoms with Gasteiger partial charge < -0.3 is 10.1 Å². The monoisotopic (exact) mass is 377 g/mol. The molecule has 0 spiro atoms. The van der Waals surface area contributed by atoms with Crippen molar-refractivity contribution in [2.75, 3.05) is 25.0 Å². The van der Waals surface area contributed by atoms with Crippen molar-refractivity contribution in [2.24, 2.45) is 0 Å². The molecule has 1 atom stereocenters. The third kappa shape index (κ3) is 4.75. The third-order valence-electron chi connectivity index (χ3n) is 4.79. The topological polar surface area (TPSA) is 83.1 Å². The second kappa shape index (κ2) is 8.67. The number of nitrogens with zero attached hydrogens (tertiary/aromatic N) is 3. The number of anilines is 1. The lowest BCUT2D eigenvalue weighted by Gasteiger charge is -2.31. The van der Waals surface area contributed by atoms with Crippen LogP contribution in [0.3, 0.4) is 0 Å². The van der Waals surface area contributed by atoms with Gasteiger partial charge in [0.25, 0.3) is 0 Å². The van der Waals surface area contributed by atoms with Crippen molar-refractivity contribution < 1.29 is 9.53 Å². The predicted octanol–water partition coefficient (Wildman–Crippen LogP) is 3.42. The minimum absolute atomic E-state index is 0.0323. The molecule has 1 aromatic heterocycles. The van der Waals surface area contributed by atoms with Crippen LogP contribution in [0.15, 0.2) is 60.9 Å². The molecule has 2 aromatic carbocycles. The standard InChI is InChI=1S/C21H23N5O2/c27-20(14-26-11-5-6-16(13-26)21-22-15-23-25-21)24-17-7-4-10-19(12-17)28-18-8-2-1-3-9-18/h1-4,7-10,12,15-16H,5-6,11,13-14H2,(H,24,27)(H,22,23,25). The van der Waals surface area contributed by atoms with Crippen LogP contribution in [-0.2, 0) is 4.79 Å². The van der Waals surface area contributed by atoms with Gasteiger partial charge in [-0.1, -0.05) is 24.3 Å². The number of hydrogen-bond donors (Lipinski definition) is 2. The fourth-order valence-corrected chi connectivity index (χ4v) is 3.50. The lowest BCUT2D eigenvalue weighted by atomic mass is 9.97. The first-order valence-corrected chi connectivity index (χ1v) is 9.47. The first-order chi connectivity index (χ1) is 13.8. The number of ether oxygens (including phenoxy) is 1. The quantitative estimate of drug-likeness (QED) is 0.688. The largest absolute Gasteiger partial charge is 0.457 e. The highest BCUT2D eigenvalue weighted by Gasteiger charge is 2.24. The minimum Gasteiger partial charge on any atom is -0.457 e. The van der Waals surface area contributed by atoms with Gasteiger partial charge in [0.05, 0.1) is 6.54 Å². The summed E-state index contributed by atoms with van der Waals surface area (Å²) in [7, 11) is 0. The molecule has 1 unspecified atom stereocenters. The number of para-hydroxylation sites is 1. The van der Waals surface area contributed by atoms with E-state index in [4.69, 9.17) is 4.74 Å². The van der Waals surface area contributed by atoms with Crippen molar-refractivity contribution in [3.05, 3.63) is 66.7 Å². The Labute approximate surface area is 163 Å². The normalized spacial score (nSPS) is 17.2. The van der Waals surface area contributed by atoms with E-state index in [0.717, 1.165) is 43.2 Å². The van der Waals surface area contributed by atoms with Crippen LogP contribution in [0.2, 0.25) is 0 Å². The summed E-state index contributed by atoms with van der Waals surface area (Å²) in [5, 5.41) is 9.84. The lowest BCUT2D eigenvalue weighted by molar-refractivity contribution is -0.117. The smallest absolute Gasteiger partial charge is 0.238 e. The summed E-state index contributed by atoms with van der Waals surface area (Å²) in [5.74, 6) is 2.61. The van der Waals surface area contributed by atoms with Gasteiger partial charge >= 0.3 is 0 Å². The Morgan fingerprint density at radius 1 is 1.18 bits per heavy atom. The number of amides is 1. The number of H-pyrrole nitrogens is 1. The Hall–Kier alpha value is -3.19. The number of piperidine rings is 1. The Kier molecular flexibility index (Phi) is 5.63. The second-order valence-electron chi connectivity index (χ2n) is 6.94. The van der Waals surface area contributed by atoms with Gasteiger partial charge in [0.1, 0.15) is 23.7 Å². The van der Waals surface area contributed by atoms with Crippen LogP contribution < -0.4 is 10.1 Å². The molecule has 2 heterocycles. The zero-order valence-electron chi connectivity index (χ0n) is 15.5. The SMILES string of the molecule is O=C(CN1CCCC(c2ncn[nH]2)C1)Nc1cccc(Oc2ccccc2)c1. The summed E-state index contributed by atoms with van der Waals surface area (Å²) in [6.07, 6.45) is 3.64. The molecule has 28 heavy (non-hydrogen) atoms. The van der Waals surface area contributed by atoms with E-state index in [1.807, 2.05) is 54.6 Å². The molecule has 1 saturated heterocycles. The van der Waals surface area contributed by atoms with E-state index in [9.17, 15) is 4.79 Å². The average Bonchev–Trinajstić information content (AvgIpc) is 3.24. The number of hydrogen-bond acceptors (Lipinski definition) is 5. The van der Waals surface area contributed by atoms with Crippen molar-refractivity contribution in [1.82, 2.24) is 20.1 Å². The van der Waals surface area contributed by atoms with Crippen LogP contribution in [0.25, 0.3) is 0 Å². The predicted molar refractivity (Wildman–Crippen MR) is 106 cm³/mol. The molecule has 0 radical (unpaired) electrons. The summed E-state index contributed by atoms with van der Waals surface area (Å²) in [6, 6.07) is 17.0. The van der Waals surface area contributed by atoms with Gasteiger partial charge in [-0.2, -0.15) is 5.10 Å². The molecule has 1 fully saturated rings. The minimum atomic E-state index is -0.0323. The molecular formula is C21H23N5O2. The van der Waals surface area contributed by atoms with Gasteiger partial charge in [-0.05, 0) is 43.7 Å². The third-order valence-corrected chi connectivity index (χ3v) is 4.79. The molecule has 0 saturated carbocycles. The molecule has 0 aliphatic carbocycles. The average molecular weight is 377 g/mol. The number of carbonyl (C=O) groups is 1. The number of likely N-dealkylation sites (tertiary alicyclic amines) is 1. The van der Waals surface area contributed by atoms with E-state index in [0.29, 0.717) is 18.2 Å². The molecule has 4 rings (SSSR count). The van der Waals surface area contributed by atoms with Gasteiger partial charge in [0.15, 0.2) is 0 Å². The molecule has 7 nitrogen and oxygen atoms in total. The Morgan fingerprint density at radius 3 is 2.86 bits per heavy atom. The van der Waals surface area contributed by atoms with Gasteiger partial charge in [0, 0.05) is 24.2 Å². The molecule has 1 amide bonds. The van der Waals surface area contributed by atoms with E-state index < -0.39 is 0 Å². The lowest BCUT2D eigenvalue weighted by Crippen LogP contribution is -2.40. The highest BCUT2D eigenvalue weighted by Crippen LogP contribution is 2.25. The zero-order valence-corrected chi connectivity index (χ0v) is 15.5. The van der Waals surface area contributed by atoms with E-state index in [-0.39, 0.29) is 5.91 Å². The van der Waals surface area contributed by atoms with Gasteiger partial charge in [-0.15, -0.1) is 0 Å². The van der Waals surface area contributed by atoms with Gasteiger partial charge in [0.2, 0.25) is 5.91 Å². The van der Waals surface area contributed by atoms with Crippen molar-refractivity contribution >= 4 is 11.6 Å². The number of benzene rings is 2. The summed E-state index contributed by atoms with van der Waals surface area (Å²) < 4.78 is 5.83. The summed E-state index contributed by atoms with van der Waals surface area (Å²) in [6.45, 7) is 2.07. The van der Waals surface area contributed by atoms with E-state index in [2.05, 4.69) is 25.4 Å². The molecule has 0 bridgehead atoms. The van der Waals surface area contributed by atoms with E-state index in [1.165, 1.54) is 6.33 Å². The van der Waals surface area contributed by atoms with Gasteiger partial charge in [-0.3, -0.25) is 14.8 Å². The van der Waals surface area contributed by atoms with Crippen molar-refractivity contribution in [3.8, 4) is 11.5 Å². The number of carbonyl (C=O) groups excluding carboxylic acids is 1. The van der Waals surface area contributed by atoms with Crippen LogP contribution in [0, 0.1) is 0 Å². The van der Waals surface area contributed by atoms with E-state index in [1.54, 1.807) is 0 Å². The Morgan fingerprint density at radius 2 is 2.04 bits per heavy atom. The van der Waals surface area contributed by atoms with Crippen molar-refractivity contribution in [1.29, 1.82) is 0 Å². The number of aromatic amines is 1. The molecule has 3 aromatic rings. The van der Waals surface area contributed by atoms with Crippen LogP contribution >= 0.6 is 0 Å². The maximum atomic E-state index is 12.5. The first kappa shape index (κ1) is 18.2. The Bertz CT molecular complexity index is 898. The maximum absolute atomic E-state index is 12.5. The highest BCUT2D eigenvalue weighted by atomic mass is 16.5. The van der Waals surface area contributed by atoms with Crippen LogP contribution in [0.1, 0.15) is 24.6 Å². The molecule has 1 aliphatic rings. The highest BCUT2D eigenvalue weighted by molar-refractivity contribution is 5.92. The number of aromatic nitrogens is 3. The summed E-state index contributed by atoms with van der Waals surface area (Å²) in [5.41, 5.74) is 0.724. The summed E-state index contributed by atoms with van der Waals surface area (Å²) in [4.78, 5) is 18.9. The summed E-state index contributed by atoms with van der Waals surface area (Å²) >= 11 is 0. The number of nitrogens with one attached hydrogen (secondary N) is 2. The van der Waals surface area contributed by atoms with Crippen LogP contribution in [0.5, 0.6) is 11.5 Å². The molecule has 2 N–H and O–H groups in total. The fourth-order valence-electron chi connectivity index (χ4n) is 3.50. The fraction of sp³-hybridized carbons (Fsp3) is 0.286.